The van der Waals surface area contributed by atoms with Gasteiger partial charge in [-0.25, -0.2) is 0 Å². The second kappa shape index (κ2) is 6.58. The van der Waals surface area contributed by atoms with Gasteiger partial charge in [0.1, 0.15) is 0 Å². The molecule has 0 saturated heterocycles. The summed E-state index contributed by atoms with van der Waals surface area (Å²) in [7, 11) is 3.29. The van der Waals surface area contributed by atoms with Crippen LogP contribution < -0.4 is 5.32 Å². The van der Waals surface area contributed by atoms with Gasteiger partial charge in [0.05, 0.1) is 0 Å². The topological polar surface area (TPSA) is 30.5 Å². The Morgan fingerprint density at radius 2 is 1.82 bits per heavy atom. The van der Waals surface area contributed by atoms with E-state index in [2.05, 4.69) is 19.2 Å². The molecule has 68 valence electrons. The van der Waals surface area contributed by atoms with Gasteiger partial charge in [-0.3, -0.25) is 0 Å². The summed E-state index contributed by atoms with van der Waals surface area (Å²) < 4.78 is 10.0. The number of nitrogens with one attached hydrogen (secondary N) is 1. The molecule has 0 aliphatic carbocycles. The van der Waals surface area contributed by atoms with Crippen molar-refractivity contribution in [2.45, 2.75) is 32.6 Å². The Kier molecular flexibility index (Phi) is 6.51. The van der Waals surface area contributed by atoms with Crippen LogP contribution in [0.15, 0.2) is 0 Å². The van der Waals surface area contributed by atoms with Crippen LogP contribution in [-0.4, -0.2) is 33.1 Å². The van der Waals surface area contributed by atoms with Crippen LogP contribution in [0.5, 0.6) is 0 Å². The standard InChI is InChI=1S/C8H19NO2/c1-5-7(2)9-6-8(10-3)11-4/h7-9H,5-6H2,1-4H3. The highest BCUT2D eigenvalue weighted by atomic mass is 16.7. The first kappa shape index (κ1) is 10.9. The minimum Gasteiger partial charge on any atom is -0.355 e. The molecule has 0 aliphatic rings. The fourth-order valence-corrected chi connectivity index (χ4v) is 0.705. The Balaban J connectivity index is 3.34. The summed E-state index contributed by atoms with van der Waals surface area (Å²) in [4.78, 5) is 0. The van der Waals surface area contributed by atoms with Crippen LogP contribution in [0.4, 0.5) is 0 Å². The minimum absolute atomic E-state index is 0.121. The Labute approximate surface area is 69.1 Å². The van der Waals surface area contributed by atoms with Crippen molar-refractivity contribution in [3.63, 3.8) is 0 Å². The van der Waals surface area contributed by atoms with Gasteiger partial charge in [0.15, 0.2) is 6.29 Å². The molecule has 0 aromatic carbocycles. The van der Waals surface area contributed by atoms with E-state index in [4.69, 9.17) is 9.47 Å². The molecule has 0 amide bonds. The first-order chi connectivity index (χ1) is 5.24. The van der Waals surface area contributed by atoms with Crippen molar-refractivity contribution in [1.82, 2.24) is 5.32 Å². The molecule has 0 bridgehead atoms. The molecule has 0 spiro atoms. The molecule has 1 unspecified atom stereocenters. The van der Waals surface area contributed by atoms with Crippen LogP contribution in [0.3, 0.4) is 0 Å². The van der Waals surface area contributed by atoms with E-state index in [-0.39, 0.29) is 6.29 Å². The molecule has 0 heterocycles. The van der Waals surface area contributed by atoms with Crippen LogP contribution in [0.1, 0.15) is 20.3 Å². The number of ether oxygens (including phenoxy) is 2. The molecule has 3 heteroatoms. The van der Waals surface area contributed by atoms with Crippen molar-refractivity contribution < 1.29 is 9.47 Å². The average molecular weight is 161 g/mol. The SMILES string of the molecule is CCC(C)NCC(OC)OC. The Hall–Kier alpha value is -0.120. The molecule has 1 atom stereocenters. The van der Waals surface area contributed by atoms with Crippen LogP contribution in [0.25, 0.3) is 0 Å². The van der Waals surface area contributed by atoms with Crippen LogP contribution in [0.2, 0.25) is 0 Å². The molecule has 0 radical (unpaired) electrons. The lowest BCUT2D eigenvalue weighted by Crippen LogP contribution is -2.35. The van der Waals surface area contributed by atoms with E-state index in [1.54, 1.807) is 14.2 Å². The number of rotatable bonds is 6. The summed E-state index contributed by atoms with van der Waals surface area (Å²) in [5.41, 5.74) is 0. The molecule has 0 saturated carbocycles. The first-order valence-electron chi connectivity index (χ1n) is 4.03. The fourth-order valence-electron chi connectivity index (χ4n) is 0.705. The molecule has 0 aromatic rings. The third kappa shape index (κ3) is 5.18. The highest BCUT2D eigenvalue weighted by Gasteiger charge is 2.05. The first-order valence-corrected chi connectivity index (χ1v) is 4.03. The molecule has 3 nitrogen and oxygen atoms in total. The maximum atomic E-state index is 5.01. The smallest absolute Gasteiger partial charge is 0.169 e. The normalized spacial score (nSPS) is 13.9. The van der Waals surface area contributed by atoms with Gasteiger partial charge in [-0.2, -0.15) is 0 Å². The molecule has 0 aliphatic heterocycles. The van der Waals surface area contributed by atoms with Crippen molar-refractivity contribution >= 4 is 0 Å². The Bertz CT molecular complexity index is 84.2. The molecule has 0 fully saturated rings. The lowest BCUT2D eigenvalue weighted by molar-refractivity contribution is -0.0997. The predicted molar refractivity (Wildman–Crippen MR) is 45.6 cm³/mol. The Morgan fingerprint density at radius 3 is 2.18 bits per heavy atom. The predicted octanol–water partition coefficient (Wildman–Crippen LogP) is 0.993. The molecular weight excluding hydrogens is 142 g/mol. The minimum atomic E-state index is -0.121. The number of hydrogen-bond acceptors (Lipinski definition) is 3. The maximum absolute atomic E-state index is 5.01. The molecule has 0 rings (SSSR count). The summed E-state index contributed by atoms with van der Waals surface area (Å²) in [6.07, 6.45) is 1.00. The van der Waals surface area contributed by atoms with Crippen LogP contribution in [0, 0.1) is 0 Å². The monoisotopic (exact) mass is 161 g/mol. The zero-order valence-electron chi connectivity index (χ0n) is 7.89. The summed E-state index contributed by atoms with van der Waals surface area (Å²) in [6, 6.07) is 0.530. The average Bonchev–Trinajstić information content (AvgIpc) is 2.06. The largest absolute Gasteiger partial charge is 0.355 e. The van der Waals surface area contributed by atoms with E-state index in [1.165, 1.54) is 0 Å². The van der Waals surface area contributed by atoms with Crippen molar-refractivity contribution in [2.24, 2.45) is 0 Å². The van der Waals surface area contributed by atoms with Crippen molar-refractivity contribution in [3.05, 3.63) is 0 Å². The fraction of sp³-hybridized carbons (Fsp3) is 1.00. The third-order valence-corrected chi connectivity index (χ3v) is 1.77. The van der Waals surface area contributed by atoms with E-state index in [1.807, 2.05) is 0 Å². The van der Waals surface area contributed by atoms with Crippen molar-refractivity contribution in [2.75, 3.05) is 20.8 Å². The molecular formula is C8H19NO2. The highest BCUT2D eigenvalue weighted by molar-refractivity contribution is 4.58. The number of methoxy groups -OCH3 is 2. The van der Waals surface area contributed by atoms with Gasteiger partial charge in [-0.05, 0) is 13.3 Å². The van der Waals surface area contributed by atoms with Gasteiger partial charge in [0.25, 0.3) is 0 Å². The summed E-state index contributed by atoms with van der Waals surface area (Å²) in [5.74, 6) is 0. The third-order valence-electron chi connectivity index (χ3n) is 1.77. The van der Waals surface area contributed by atoms with E-state index in [0.717, 1.165) is 13.0 Å². The van der Waals surface area contributed by atoms with Gasteiger partial charge in [0, 0.05) is 26.8 Å². The maximum Gasteiger partial charge on any atom is 0.169 e. The van der Waals surface area contributed by atoms with E-state index < -0.39 is 0 Å². The van der Waals surface area contributed by atoms with Crippen LogP contribution >= 0.6 is 0 Å². The van der Waals surface area contributed by atoms with Gasteiger partial charge in [0.2, 0.25) is 0 Å². The summed E-state index contributed by atoms with van der Waals surface area (Å²) in [5, 5.41) is 3.28. The molecule has 1 N–H and O–H groups in total. The number of hydrogen-bond donors (Lipinski definition) is 1. The van der Waals surface area contributed by atoms with E-state index >= 15 is 0 Å². The van der Waals surface area contributed by atoms with Crippen molar-refractivity contribution in [1.29, 1.82) is 0 Å². The lowest BCUT2D eigenvalue weighted by Gasteiger charge is -2.17. The quantitative estimate of drug-likeness (QED) is 0.589. The van der Waals surface area contributed by atoms with Gasteiger partial charge in [-0.1, -0.05) is 6.92 Å². The summed E-state index contributed by atoms with van der Waals surface area (Å²) in [6.45, 7) is 5.04. The second-order valence-corrected chi connectivity index (χ2v) is 2.62. The van der Waals surface area contributed by atoms with E-state index in [9.17, 15) is 0 Å². The highest BCUT2D eigenvalue weighted by Crippen LogP contribution is 1.91. The van der Waals surface area contributed by atoms with Crippen molar-refractivity contribution in [3.8, 4) is 0 Å². The van der Waals surface area contributed by atoms with Crippen LogP contribution in [-0.2, 0) is 9.47 Å². The zero-order chi connectivity index (χ0) is 8.69. The van der Waals surface area contributed by atoms with Gasteiger partial charge < -0.3 is 14.8 Å². The van der Waals surface area contributed by atoms with E-state index in [0.29, 0.717) is 6.04 Å². The van der Waals surface area contributed by atoms with Gasteiger partial charge >= 0.3 is 0 Å². The molecule has 11 heavy (non-hydrogen) atoms. The zero-order valence-corrected chi connectivity index (χ0v) is 7.89. The summed E-state index contributed by atoms with van der Waals surface area (Å²) >= 11 is 0. The molecule has 0 aromatic heterocycles. The lowest BCUT2D eigenvalue weighted by atomic mass is 10.2. The second-order valence-electron chi connectivity index (χ2n) is 2.62. The van der Waals surface area contributed by atoms with Gasteiger partial charge in [-0.15, -0.1) is 0 Å². The Morgan fingerprint density at radius 1 is 1.27 bits per heavy atom.